The van der Waals surface area contributed by atoms with E-state index in [0.717, 1.165) is 22.3 Å². The lowest BCUT2D eigenvalue weighted by Crippen LogP contribution is -2.55. The molecule has 0 aromatic heterocycles. The summed E-state index contributed by atoms with van der Waals surface area (Å²) in [7, 11) is 0. The van der Waals surface area contributed by atoms with Crippen molar-refractivity contribution in [1.29, 1.82) is 0 Å². The third-order valence-electron chi connectivity index (χ3n) is 5.01. The molecule has 2 aromatic carbocycles. The summed E-state index contributed by atoms with van der Waals surface area (Å²) in [6.45, 7) is 3.40. The average molecular weight is 437 g/mol. The molecule has 0 radical (unpaired) electrons. The van der Waals surface area contributed by atoms with Crippen molar-refractivity contribution in [2.75, 3.05) is 13.2 Å². The van der Waals surface area contributed by atoms with Crippen molar-refractivity contribution in [1.82, 2.24) is 5.32 Å². The summed E-state index contributed by atoms with van der Waals surface area (Å²) in [4.78, 5) is 12.3. The van der Waals surface area contributed by atoms with Crippen LogP contribution in [-0.4, -0.2) is 48.3 Å². The van der Waals surface area contributed by atoms with Gasteiger partial charge in [-0.25, -0.2) is 4.79 Å². The molecule has 0 saturated heterocycles. The number of fused-ring (bicyclic) bond motifs is 3. The Morgan fingerprint density at radius 2 is 1.55 bits per heavy atom. The van der Waals surface area contributed by atoms with E-state index in [1.807, 2.05) is 48.5 Å². The van der Waals surface area contributed by atoms with Gasteiger partial charge in [-0.05, 0) is 43.0 Å². The van der Waals surface area contributed by atoms with E-state index in [9.17, 15) is 23.1 Å². The molecule has 1 aliphatic rings. The molecule has 0 heterocycles. The zero-order valence-electron chi connectivity index (χ0n) is 17.6. The van der Waals surface area contributed by atoms with E-state index in [1.165, 1.54) is 20.8 Å². The SMILES string of the molecule is CC(C)(C)O[C@@H](C(CO)NC(=O)OCC1c2ccccc2-c2ccccc21)C(F)(F)F. The molecule has 0 aliphatic heterocycles. The number of carbonyl (C=O) groups is 1. The van der Waals surface area contributed by atoms with Crippen molar-refractivity contribution in [3.63, 3.8) is 0 Å². The minimum atomic E-state index is -4.78. The number of amides is 1. The Balaban J connectivity index is 1.70. The number of hydrogen-bond donors (Lipinski definition) is 2. The van der Waals surface area contributed by atoms with Crippen LogP contribution < -0.4 is 5.32 Å². The van der Waals surface area contributed by atoms with Crippen LogP contribution in [0, 0.1) is 0 Å². The highest BCUT2D eigenvalue weighted by atomic mass is 19.4. The summed E-state index contributed by atoms with van der Waals surface area (Å²) < 4.78 is 50.8. The van der Waals surface area contributed by atoms with Gasteiger partial charge in [0.15, 0.2) is 6.10 Å². The molecule has 5 nitrogen and oxygen atoms in total. The second kappa shape index (κ2) is 8.88. The molecule has 2 atom stereocenters. The van der Waals surface area contributed by atoms with Gasteiger partial charge in [-0.3, -0.25) is 0 Å². The zero-order chi connectivity index (χ0) is 22.8. The third-order valence-corrected chi connectivity index (χ3v) is 5.01. The van der Waals surface area contributed by atoms with Gasteiger partial charge in [-0.2, -0.15) is 13.2 Å². The van der Waals surface area contributed by atoms with Crippen LogP contribution in [-0.2, 0) is 9.47 Å². The van der Waals surface area contributed by atoms with E-state index >= 15 is 0 Å². The van der Waals surface area contributed by atoms with Crippen molar-refractivity contribution in [3.05, 3.63) is 59.7 Å². The first kappa shape index (κ1) is 23.1. The number of halogens is 3. The van der Waals surface area contributed by atoms with Crippen LogP contribution in [0.3, 0.4) is 0 Å². The summed E-state index contributed by atoms with van der Waals surface area (Å²) in [5.74, 6) is -0.227. The van der Waals surface area contributed by atoms with Gasteiger partial charge < -0.3 is 19.9 Å². The Kier molecular flexibility index (Phi) is 6.62. The minimum Gasteiger partial charge on any atom is -0.449 e. The van der Waals surface area contributed by atoms with Gasteiger partial charge in [-0.1, -0.05) is 48.5 Å². The van der Waals surface area contributed by atoms with Crippen LogP contribution >= 0.6 is 0 Å². The van der Waals surface area contributed by atoms with Crippen molar-refractivity contribution < 1.29 is 32.5 Å². The molecule has 8 heteroatoms. The van der Waals surface area contributed by atoms with Gasteiger partial charge in [0, 0.05) is 5.92 Å². The van der Waals surface area contributed by atoms with E-state index in [2.05, 4.69) is 5.32 Å². The number of rotatable bonds is 6. The number of alkyl carbamates (subject to hydrolysis) is 1. The molecule has 0 spiro atoms. The van der Waals surface area contributed by atoms with Crippen molar-refractivity contribution in [2.24, 2.45) is 0 Å². The van der Waals surface area contributed by atoms with Crippen LogP contribution in [0.5, 0.6) is 0 Å². The molecule has 0 fully saturated rings. The highest BCUT2D eigenvalue weighted by molar-refractivity contribution is 5.79. The van der Waals surface area contributed by atoms with Crippen LogP contribution in [0.25, 0.3) is 11.1 Å². The maximum absolute atomic E-state index is 13.5. The summed E-state index contributed by atoms with van der Waals surface area (Å²) >= 11 is 0. The number of benzene rings is 2. The fraction of sp³-hybridized carbons (Fsp3) is 0.435. The topological polar surface area (TPSA) is 67.8 Å². The van der Waals surface area contributed by atoms with E-state index in [4.69, 9.17) is 9.47 Å². The molecular formula is C23H26F3NO4. The van der Waals surface area contributed by atoms with Gasteiger partial charge in [0.05, 0.1) is 18.2 Å². The molecule has 2 aromatic rings. The van der Waals surface area contributed by atoms with Gasteiger partial charge >= 0.3 is 12.3 Å². The molecular weight excluding hydrogens is 411 g/mol. The number of aliphatic hydroxyl groups excluding tert-OH is 1. The lowest BCUT2D eigenvalue weighted by atomic mass is 9.98. The summed E-state index contributed by atoms with van der Waals surface area (Å²) in [5, 5.41) is 11.6. The Morgan fingerprint density at radius 3 is 2.00 bits per heavy atom. The molecule has 31 heavy (non-hydrogen) atoms. The quantitative estimate of drug-likeness (QED) is 0.692. The normalized spacial score (nSPS) is 15.7. The van der Waals surface area contributed by atoms with Crippen LogP contribution in [0.2, 0.25) is 0 Å². The Hall–Kier alpha value is -2.58. The Labute approximate surface area is 179 Å². The first-order valence-electron chi connectivity index (χ1n) is 9.98. The van der Waals surface area contributed by atoms with Crippen LogP contribution in [0.4, 0.5) is 18.0 Å². The van der Waals surface area contributed by atoms with Crippen molar-refractivity contribution in [2.45, 2.75) is 50.6 Å². The lowest BCUT2D eigenvalue weighted by molar-refractivity contribution is -0.255. The average Bonchev–Trinajstić information content (AvgIpc) is 3.01. The maximum Gasteiger partial charge on any atom is 0.416 e. The first-order chi connectivity index (χ1) is 14.5. The highest BCUT2D eigenvalue weighted by Crippen LogP contribution is 2.44. The largest absolute Gasteiger partial charge is 0.449 e. The number of nitrogens with one attached hydrogen (secondary N) is 1. The van der Waals surface area contributed by atoms with E-state index in [0.29, 0.717) is 0 Å². The lowest BCUT2D eigenvalue weighted by Gasteiger charge is -2.33. The van der Waals surface area contributed by atoms with Crippen molar-refractivity contribution in [3.8, 4) is 11.1 Å². The monoisotopic (exact) mass is 437 g/mol. The van der Waals surface area contributed by atoms with Crippen molar-refractivity contribution >= 4 is 6.09 Å². The Morgan fingerprint density at radius 1 is 1.03 bits per heavy atom. The van der Waals surface area contributed by atoms with Crippen LogP contribution in [0.15, 0.2) is 48.5 Å². The smallest absolute Gasteiger partial charge is 0.416 e. The second-order valence-corrected chi connectivity index (χ2v) is 8.45. The van der Waals surface area contributed by atoms with Gasteiger partial charge in [-0.15, -0.1) is 0 Å². The van der Waals surface area contributed by atoms with Gasteiger partial charge in [0.2, 0.25) is 0 Å². The predicted octanol–water partition coefficient (Wildman–Crippen LogP) is 4.63. The molecule has 1 unspecified atom stereocenters. The molecule has 168 valence electrons. The standard InChI is InChI=1S/C23H26F3NO4/c1-22(2,3)31-20(23(24,25)26)19(12-28)27-21(29)30-13-18-16-10-6-4-8-14(16)15-9-5-7-11-17(15)18/h4-11,18-20,28H,12-13H2,1-3H3,(H,27,29)/t19?,20-/m0/s1. The predicted molar refractivity (Wildman–Crippen MR) is 110 cm³/mol. The summed E-state index contributed by atoms with van der Waals surface area (Å²) in [6, 6.07) is 13.8. The van der Waals surface area contributed by atoms with Gasteiger partial charge in [0.1, 0.15) is 6.61 Å². The molecule has 3 rings (SSSR count). The molecule has 0 bridgehead atoms. The summed E-state index contributed by atoms with van der Waals surface area (Å²) in [6.07, 6.45) is -8.21. The zero-order valence-corrected chi connectivity index (χ0v) is 17.6. The number of aliphatic hydroxyl groups is 1. The molecule has 2 N–H and O–H groups in total. The van der Waals surface area contributed by atoms with E-state index < -0.39 is 36.6 Å². The molecule has 1 amide bonds. The van der Waals surface area contributed by atoms with E-state index in [1.54, 1.807) is 0 Å². The maximum atomic E-state index is 13.5. The first-order valence-corrected chi connectivity index (χ1v) is 9.98. The third kappa shape index (κ3) is 5.37. The number of carbonyl (C=O) groups excluding carboxylic acids is 1. The second-order valence-electron chi connectivity index (χ2n) is 8.45. The Bertz CT molecular complexity index is 878. The molecule has 0 saturated carbocycles. The van der Waals surface area contributed by atoms with Gasteiger partial charge in [0.25, 0.3) is 0 Å². The summed E-state index contributed by atoms with van der Waals surface area (Å²) in [5.41, 5.74) is 2.92. The highest BCUT2D eigenvalue weighted by Gasteiger charge is 2.48. The fourth-order valence-electron chi connectivity index (χ4n) is 3.77. The van der Waals surface area contributed by atoms with Crippen LogP contribution in [0.1, 0.15) is 37.8 Å². The van der Waals surface area contributed by atoms with E-state index in [-0.39, 0.29) is 12.5 Å². The molecule has 1 aliphatic carbocycles. The fourth-order valence-corrected chi connectivity index (χ4v) is 3.77. The number of alkyl halides is 3. The number of hydrogen-bond acceptors (Lipinski definition) is 4. The minimum absolute atomic E-state index is 0.0468. The number of ether oxygens (including phenoxy) is 2.